The summed E-state index contributed by atoms with van der Waals surface area (Å²) < 4.78 is 27.7. The largest absolute Gasteiger partial charge is 0.530 e. The SMILES string of the molecule is CCCCCCC(OCC1CO1)[Si](OC)(OC)OC. The van der Waals surface area contributed by atoms with E-state index in [0.29, 0.717) is 6.61 Å². The van der Waals surface area contributed by atoms with Crippen molar-refractivity contribution >= 4 is 8.80 Å². The smallest absolute Gasteiger partial charge is 0.375 e. The standard InChI is InChI=1S/C13H28O5Si/c1-5-6-7-8-9-13(18-11-12-10-17-12)19(14-2,15-3)16-4/h12-13H,5-11H2,1-4H3. The van der Waals surface area contributed by atoms with Crippen LogP contribution >= 0.6 is 0 Å². The lowest BCUT2D eigenvalue weighted by atomic mass is 10.2. The van der Waals surface area contributed by atoms with Crippen molar-refractivity contribution in [2.45, 2.75) is 50.9 Å². The van der Waals surface area contributed by atoms with Gasteiger partial charge in [-0.25, -0.2) is 0 Å². The summed E-state index contributed by atoms with van der Waals surface area (Å²) in [4.78, 5) is 0. The van der Waals surface area contributed by atoms with Gasteiger partial charge in [-0.1, -0.05) is 32.6 Å². The van der Waals surface area contributed by atoms with E-state index < -0.39 is 8.80 Å². The summed E-state index contributed by atoms with van der Waals surface area (Å²) in [6.07, 6.45) is 5.94. The quantitative estimate of drug-likeness (QED) is 0.313. The van der Waals surface area contributed by atoms with Crippen molar-refractivity contribution < 1.29 is 22.8 Å². The fourth-order valence-corrected chi connectivity index (χ4v) is 4.30. The first-order valence-corrected chi connectivity index (χ1v) is 8.91. The van der Waals surface area contributed by atoms with Crippen LogP contribution in [-0.4, -0.2) is 55.2 Å². The average molecular weight is 292 g/mol. The van der Waals surface area contributed by atoms with Crippen molar-refractivity contribution in [3.63, 3.8) is 0 Å². The third-order valence-electron chi connectivity index (χ3n) is 3.45. The van der Waals surface area contributed by atoms with E-state index in [9.17, 15) is 0 Å². The van der Waals surface area contributed by atoms with E-state index in [1.165, 1.54) is 19.3 Å². The molecule has 2 unspecified atom stereocenters. The van der Waals surface area contributed by atoms with Gasteiger partial charge in [0.2, 0.25) is 0 Å². The molecule has 1 aliphatic rings. The molecule has 0 radical (unpaired) electrons. The lowest BCUT2D eigenvalue weighted by Crippen LogP contribution is -2.55. The molecule has 0 amide bonds. The molecule has 0 aromatic rings. The molecule has 1 heterocycles. The van der Waals surface area contributed by atoms with Gasteiger partial charge in [-0.05, 0) is 6.42 Å². The van der Waals surface area contributed by atoms with E-state index in [-0.39, 0.29) is 11.8 Å². The van der Waals surface area contributed by atoms with Crippen molar-refractivity contribution in [1.29, 1.82) is 0 Å². The second kappa shape index (κ2) is 9.04. The van der Waals surface area contributed by atoms with Crippen LogP contribution in [0.1, 0.15) is 39.0 Å². The average Bonchev–Trinajstić information content (AvgIpc) is 3.26. The monoisotopic (exact) mass is 292 g/mol. The Kier molecular flexibility index (Phi) is 8.13. The maximum atomic E-state index is 5.95. The van der Waals surface area contributed by atoms with Gasteiger partial charge in [-0.3, -0.25) is 0 Å². The van der Waals surface area contributed by atoms with Gasteiger partial charge in [0.25, 0.3) is 0 Å². The molecular formula is C13H28O5Si. The summed E-state index contributed by atoms with van der Waals surface area (Å²) in [5, 5.41) is 0. The summed E-state index contributed by atoms with van der Waals surface area (Å²) in [6.45, 7) is 3.60. The summed E-state index contributed by atoms with van der Waals surface area (Å²) in [5.41, 5.74) is -0.103. The van der Waals surface area contributed by atoms with Crippen molar-refractivity contribution in [1.82, 2.24) is 0 Å². The van der Waals surface area contributed by atoms with Crippen LogP contribution in [0, 0.1) is 0 Å². The second-order valence-corrected chi connectivity index (χ2v) is 7.92. The van der Waals surface area contributed by atoms with E-state index in [2.05, 4.69) is 6.92 Å². The number of hydrogen-bond donors (Lipinski definition) is 0. The van der Waals surface area contributed by atoms with E-state index in [1.54, 1.807) is 21.3 Å². The molecule has 19 heavy (non-hydrogen) atoms. The van der Waals surface area contributed by atoms with Crippen molar-refractivity contribution in [3.05, 3.63) is 0 Å². The van der Waals surface area contributed by atoms with E-state index in [1.807, 2.05) is 0 Å². The zero-order chi connectivity index (χ0) is 14.1. The molecule has 0 spiro atoms. The Hall–Kier alpha value is 0.0169. The highest BCUT2D eigenvalue weighted by molar-refractivity contribution is 6.62. The molecule has 1 fully saturated rings. The molecule has 0 aliphatic carbocycles. The minimum absolute atomic E-state index is 0.103. The first-order valence-electron chi connectivity index (χ1n) is 7.11. The Labute approximate surface area is 117 Å². The van der Waals surface area contributed by atoms with E-state index in [0.717, 1.165) is 19.4 Å². The van der Waals surface area contributed by atoms with Crippen LogP contribution in [0.15, 0.2) is 0 Å². The molecule has 1 rings (SSSR count). The Bertz CT molecular complexity index is 223. The second-order valence-electron chi connectivity index (χ2n) is 4.84. The molecule has 2 atom stereocenters. The number of unbranched alkanes of at least 4 members (excludes halogenated alkanes) is 3. The van der Waals surface area contributed by atoms with Gasteiger partial charge in [0, 0.05) is 21.3 Å². The Morgan fingerprint density at radius 2 is 1.74 bits per heavy atom. The fraction of sp³-hybridized carbons (Fsp3) is 1.00. The Morgan fingerprint density at radius 3 is 2.21 bits per heavy atom. The third kappa shape index (κ3) is 5.49. The van der Waals surface area contributed by atoms with Crippen LogP contribution in [0.25, 0.3) is 0 Å². The molecule has 0 aromatic heterocycles. The highest BCUT2D eigenvalue weighted by atomic mass is 28.4. The van der Waals surface area contributed by atoms with Crippen LogP contribution in [0.3, 0.4) is 0 Å². The third-order valence-corrected chi connectivity index (χ3v) is 6.40. The predicted octanol–water partition coefficient (Wildman–Crippen LogP) is 2.16. The van der Waals surface area contributed by atoms with Gasteiger partial charge < -0.3 is 22.8 Å². The molecule has 114 valence electrons. The number of rotatable bonds is 12. The molecule has 0 aromatic carbocycles. The molecule has 0 saturated carbocycles. The minimum Gasteiger partial charge on any atom is -0.375 e. The van der Waals surface area contributed by atoms with E-state index in [4.69, 9.17) is 22.8 Å². The van der Waals surface area contributed by atoms with Crippen LogP contribution in [-0.2, 0) is 22.8 Å². The highest BCUT2D eigenvalue weighted by Gasteiger charge is 2.48. The zero-order valence-corrected chi connectivity index (χ0v) is 13.6. The lowest BCUT2D eigenvalue weighted by molar-refractivity contribution is 0.00345. The van der Waals surface area contributed by atoms with Crippen molar-refractivity contribution in [2.24, 2.45) is 0 Å². The normalized spacial score (nSPS) is 20.5. The number of ether oxygens (including phenoxy) is 2. The van der Waals surface area contributed by atoms with Gasteiger partial charge >= 0.3 is 8.80 Å². The van der Waals surface area contributed by atoms with Gasteiger partial charge in [0.15, 0.2) is 0 Å². The lowest BCUT2D eigenvalue weighted by Gasteiger charge is -2.32. The van der Waals surface area contributed by atoms with E-state index >= 15 is 0 Å². The summed E-state index contributed by atoms with van der Waals surface area (Å²) >= 11 is 0. The zero-order valence-electron chi connectivity index (χ0n) is 12.6. The molecule has 5 nitrogen and oxygen atoms in total. The Balaban J connectivity index is 2.48. The van der Waals surface area contributed by atoms with Crippen molar-refractivity contribution in [3.8, 4) is 0 Å². The summed E-state index contributed by atoms with van der Waals surface area (Å²) in [6, 6.07) is 0. The number of hydrogen-bond acceptors (Lipinski definition) is 5. The number of epoxide rings is 1. The maximum absolute atomic E-state index is 5.95. The molecule has 0 N–H and O–H groups in total. The van der Waals surface area contributed by atoms with Crippen molar-refractivity contribution in [2.75, 3.05) is 34.5 Å². The summed E-state index contributed by atoms with van der Waals surface area (Å²) in [7, 11) is 2.18. The van der Waals surface area contributed by atoms with Gasteiger partial charge in [0.1, 0.15) is 11.8 Å². The highest BCUT2D eigenvalue weighted by Crippen LogP contribution is 2.22. The minimum atomic E-state index is -2.72. The Morgan fingerprint density at radius 1 is 1.11 bits per heavy atom. The van der Waals surface area contributed by atoms with Crippen LogP contribution < -0.4 is 0 Å². The van der Waals surface area contributed by atoms with Gasteiger partial charge in [-0.15, -0.1) is 0 Å². The topological polar surface area (TPSA) is 49.5 Å². The fourth-order valence-electron chi connectivity index (χ4n) is 2.15. The molecular weight excluding hydrogens is 264 g/mol. The summed E-state index contributed by atoms with van der Waals surface area (Å²) in [5.74, 6) is 0. The molecule has 1 saturated heterocycles. The van der Waals surface area contributed by atoms with Gasteiger partial charge in [0.05, 0.1) is 13.2 Å². The van der Waals surface area contributed by atoms with Crippen LogP contribution in [0.4, 0.5) is 0 Å². The van der Waals surface area contributed by atoms with Gasteiger partial charge in [-0.2, -0.15) is 0 Å². The first-order chi connectivity index (χ1) is 9.22. The maximum Gasteiger partial charge on any atom is 0.530 e. The van der Waals surface area contributed by atoms with Crippen LogP contribution in [0.5, 0.6) is 0 Å². The van der Waals surface area contributed by atoms with Crippen LogP contribution in [0.2, 0.25) is 0 Å². The molecule has 1 aliphatic heterocycles. The molecule has 6 heteroatoms. The molecule has 0 bridgehead atoms. The first kappa shape index (κ1) is 17.1. The predicted molar refractivity (Wildman–Crippen MR) is 75.0 cm³/mol.